The maximum absolute atomic E-state index is 13.0. The minimum absolute atomic E-state index is 0.00863. The van der Waals surface area contributed by atoms with E-state index < -0.39 is 5.43 Å². The van der Waals surface area contributed by atoms with E-state index in [1.807, 2.05) is 0 Å². The molecule has 6 nitrogen and oxygen atoms in total. The van der Waals surface area contributed by atoms with E-state index >= 15 is 0 Å². The first-order valence-electron chi connectivity index (χ1n) is 7.61. The number of rotatable bonds is 3. The van der Waals surface area contributed by atoms with Gasteiger partial charge in [0.2, 0.25) is 11.2 Å². The van der Waals surface area contributed by atoms with E-state index in [9.17, 15) is 15.0 Å². The molecule has 0 aliphatic heterocycles. The SMILES string of the molecule is COc1c(-c2ccc(O)cc2)oc2c(C)c(O)c(C)c(OC)c2c1=O. The molecular formula is C19H18O6. The van der Waals surface area contributed by atoms with Crippen molar-refractivity contribution in [2.45, 2.75) is 13.8 Å². The van der Waals surface area contributed by atoms with E-state index in [0.717, 1.165) is 0 Å². The van der Waals surface area contributed by atoms with Crippen molar-refractivity contribution in [2.75, 3.05) is 14.2 Å². The highest BCUT2D eigenvalue weighted by atomic mass is 16.5. The molecule has 0 amide bonds. The van der Waals surface area contributed by atoms with Crippen molar-refractivity contribution >= 4 is 11.0 Å². The lowest BCUT2D eigenvalue weighted by Crippen LogP contribution is -2.10. The third-order valence-corrected chi connectivity index (χ3v) is 4.23. The van der Waals surface area contributed by atoms with E-state index in [1.165, 1.54) is 26.4 Å². The second kappa shape index (κ2) is 6.05. The van der Waals surface area contributed by atoms with E-state index in [-0.39, 0.29) is 39.7 Å². The number of phenols is 2. The van der Waals surface area contributed by atoms with Gasteiger partial charge in [-0.25, -0.2) is 0 Å². The second-order valence-electron chi connectivity index (χ2n) is 5.68. The molecule has 0 radical (unpaired) electrons. The first-order valence-corrected chi connectivity index (χ1v) is 7.61. The normalized spacial score (nSPS) is 10.9. The van der Waals surface area contributed by atoms with Gasteiger partial charge in [-0.15, -0.1) is 0 Å². The van der Waals surface area contributed by atoms with Crippen molar-refractivity contribution in [3.8, 4) is 34.3 Å². The van der Waals surface area contributed by atoms with E-state index in [2.05, 4.69) is 0 Å². The van der Waals surface area contributed by atoms with Gasteiger partial charge in [0, 0.05) is 16.7 Å². The summed E-state index contributed by atoms with van der Waals surface area (Å²) in [7, 11) is 2.81. The van der Waals surface area contributed by atoms with Crippen LogP contribution in [0, 0.1) is 13.8 Å². The van der Waals surface area contributed by atoms with Gasteiger partial charge in [-0.05, 0) is 38.1 Å². The summed E-state index contributed by atoms with van der Waals surface area (Å²) in [6, 6.07) is 6.20. The Labute approximate surface area is 143 Å². The number of fused-ring (bicyclic) bond motifs is 1. The summed E-state index contributed by atoms with van der Waals surface area (Å²) in [5, 5.41) is 20.0. The predicted molar refractivity (Wildman–Crippen MR) is 93.8 cm³/mol. The average molecular weight is 342 g/mol. The molecule has 3 rings (SSSR count). The van der Waals surface area contributed by atoms with Crippen molar-refractivity contribution in [3.05, 3.63) is 45.6 Å². The zero-order chi connectivity index (χ0) is 18.3. The maximum atomic E-state index is 13.0. The first-order chi connectivity index (χ1) is 11.9. The van der Waals surface area contributed by atoms with Crippen LogP contribution in [-0.4, -0.2) is 24.4 Å². The quantitative estimate of drug-likeness (QED) is 0.757. The smallest absolute Gasteiger partial charge is 0.239 e. The topological polar surface area (TPSA) is 89.1 Å². The molecule has 0 spiro atoms. The summed E-state index contributed by atoms with van der Waals surface area (Å²) >= 11 is 0. The van der Waals surface area contributed by atoms with Crippen molar-refractivity contribution in [2.24, 2.45) is 0 Å². The zero-order valence-electron chi connectivity index (χ0n) is 14.3. The van der Waals surface area contributed by atoms with E-state index in [0.29, 0.717) is 16.7 Å². The lowest BCUT2D eigenvalue weighted by molar-refractivity contribution is 0.391. The van der Waals surface area contributed by atoms with Crippen LogP contribution in [0.1, 0.15) is 11.1 Å². The largest absolute Gasteiger partial charge is 0.508 e. The number of aryl methyl sites for hydroxylation is 1. The monoisotopic (exact) mass is 342 g/mol. The zero-order valence-corrected chi connectivity index (χ0v) is 14.3. The summed E-state index contributed by atoms with van der Waals surface area (Å²) in [5.74, 6) is 0.600. The Kier molecular flexibility index (Phi) is 4.04. The Morgan fingerprint density at radius 3 is 2.08 bits per heavy atom. The van der Waals surface area contributed by atoms with Gasteiger partial charge < -0.3 is 24.1 Å². The number of hydrogen-bond acceptors (Lipinski definition) is 6. The van der Waals surface area contributed by atoms with Crippen LogP contribution >= 0.6 is 0 Å². The van der Waals surface area contributed by atoms with Crippen molar-refractivity contribution < 1.29 is 24.1 Å². The highest BCUT2D eigenvalue weighted by Crippen LogP contribution is 2.41. The molecule has 6 heteroatoms. The molecule has 0 bridgehead atoms. The average Bonchev–Trinajstić information content (AvgIpc) is 2.61. The van der Waals surface area contributed by atoms with E-state index in [1.54, 1.807) is 26.0 Å². The van der Waals surface area contributed by atoms with Gasteiger partial charge in [0.1, 0.15) is 28.2 Å². The molecule has 0 unspecified atom stereocenters. The fraction of sp³-hybridized carbons (Fsp3) is 0.211. The fourth-order valence-corrected chi connectivity index (χ4v) is 2.92. The molecule has 2 N–H and O–H groups in total. The van der Waals surface area contributed by atoms with Gasteiger partial charge in [-0.3, -0.25) is 4.79 Å². The third-order valence-electron chi connectivity index (χ3n) is 4.23. The van der Waals surface area contributed by atoms with Gasteiger partial charge in [0.05, 0.1) is 14.2 Å². The lowest BCUT2D eigenvalue weighted by Gasteiger charge is -2.15. The molecule has 1 heterocycles. The van der Waals surface area contributed by atoms with Crippen LogP contribution in [0.4, 0.5) is 0 Å². The number of ether oxygens (including phenoxy) is 2. The molecule has 1 aromatic heterocycles. The number of hydrogen-bond donors (Lipinski definition) is 2. The number of benzene rings is 2. The van der Waals surface area contributed by atoms with E-state index in [4.69, 9.17) is 13.9 Å². The Bertz CT molecular complexity index is 1020. The van der Waals surface area contributed by atoms with Crippen molar-refractivity contribution in [1.29, 1.82) is 0 Å². The van der Waals surface area contributed by atoms with Crippen LogP contribution in [0.3, 0.4) is 0 Å². The van der Waals surface area contributed by atoms with Crippen LogP contribution in [-0.2, 0) is 0 Å². The van der Waals surface area contributed by atoms with Crippen molar-refractivity contribution in [1.82, 2.24) is 0 Å². The second-order valence-corrected chi connectivity index (χ2v) is 5.68. The lowest BCUT2D eigenvalue weighted by atomic mass is 10.0. The Hall–Kier alpha value is -3.15. The van der Waals surface area contributed by atoms with Gasteiger partial charge in [-0.1, -0.05) is 0 Å². The molecule has 0 aliphatic rings. The third kappa shape index (κ3) is 2.46. The van der Waals surface area contributed by atoms with Gasteiger partial charge >= 0.3 is 0 Å². The maximum Gasteiger partial charge on any atom is 0.239 e. The molecule has 0 saturated heterocycles. The Balaban J connectivity index is 2.49. The molecule has 0 atom stereocenters. The number of phenolic OH excluding ortho intramolecular Hbond substituents is 2. The molecule has 0 saturated carbocycles. The molecule has 25 heavy (non-hydrogen) atoms. The molecule has 0 aliphatic carbocycles. The fourth-order valence-electron chi connectivity index (χ4n) is 2.92. The summed E-state index contributed by atoms with van der Waals surface area (Å²) in [4.78, 5) is 13.0. The summed E-state index contributed by atoms with van der Waals surface area (Å²) < 4.78 is 16.6. The Morgan fingerprint density at radius 2 is 1.52 bits per heavy atom. The minimum Gasteiger partial charge on any atom is -0.508 e. The van der Waals surface area contributed by atoms with Crippen LogP contribution in [0.15, 0.2) is 33.5 Å². The number of methoxy groups -OCH3 is 2. The standard InChI is InChI=1S/C19H18O6/c1-9-14(21)10(2)17-13(16(9)23-3)15(22)19(24-4)18(25-17)11-5-7-12(20)8-6-11/h5-8,20-21H,1-4H3. The number of aromatic hydroxyl groups is 2. The summed E-state index contributed by atoms with van der Waals surface area (Å²) in [5.41, 5.74) is 1.29. The van der Waals surface area contributed by atoms with Crippen molar-refractivity contribution in [3.63, 3.8) is 0 Å². The van der Waals surface area contributed by atoms with Crippen LogP contribution in [0.5, 0.6) is 23.0 Å². The minimum atomic E-state index is -0.394. The predicted octanol–water partition coefficient (Wildman–Crippen LogP) is 3.51. The molecule has 2 aromatic carbocycles. The summed E-state index contributed by atoms with van der Waals surface area (Å²) in [6.45, 7) is 3.33. The molecule has 0 fully saturated rings. The van der Waals surface area contributed by atoms with Crippen LogP contribution in [0.2, 0.25) is 0 Å². The molecule has 3 aromatic rings. The Morgan fingerprint density at radius 1 is 0.920 bits per heavy atom. The van der Waals surface area contributed by atoms with Gasteiger partial charge in [0.15, 0.2) is 5.76 Å². The first kappa shape index (κ1) is 16.7. The van der Waals surface area contributed by atoms with Gasteiger partial charge in [0.25, 0.3) is 0 Å². The summed E-state index contributed by atoms with van der Waals surface area (Å²) in [6.07, 6.45) is 0. The highest BCUT2D eigenvalue weighted by Gasteiger charge is 2.24. The van der Waals surface area contributed by atoms with Crippen LogP contribution in [0.25, 0.3) is 22.3 Å². The highest BCUT2D eigenvalue weighted by molar-refractivity contribution is 5.92. The van der Waals surface area contributed by atoms with Gasteiger partial charge in [-0.2, -0.15) is 0 Å². The molecular weight excluding hydrogens is 324 g/mol. The van der Waals surface area contributed by atoms with Crippen LogP contribution < -0.4 is 14.9 Å². The molecule has 130 valence electrons.